The molecule has 0 radical (unpaired) electrons. The zero-order chi connectivity index (χ0) is 25.7. The van der Waals surface area contributed by atoms with Gasteiger partial charge in [-0.25, -0.2) is 9.97 Å². The van der Waals surface area contributed by atoms with E-state index in [0.29, 0.717) is 23.1 Å². The minimum absolute atomic E-state index is 0.309. The number of amides is 1. The zero-order valence-corrected chi connectivity index (χ0v) is 20.9. The van der Waals surface area contributed by atoms with Gasteiger partial charge in [-0.15, -0.1) is 0 Å². The van der Waals surface area contributed by atoms with Crippen LogP contribution in [0.25, 0.3) is 22.3 Å². The number of hydrogen-bond acceptors (Lipinski definition) is 8. The number of aryl methyl sites for hydroxylation is 1. The number of anilines is 4. The highest BCUT2D eigenvalue weighted by molar-refractivity contribution is 6.02. The number of methoxy groups -OCH3 is 1. The summed E-state index contributed by atoms with van der Waals surface area (Å²) in [6.45, 7) is 5.07. The van der Waals surface area contributed by atoms with Crippen LogP contribution in [-0.4, -0.2) is 59.7 Å². The topological polar surface area (TPSA) is 109 Å². The van der Waals surface area contributed by atoms with Crippen molar-refractivity contribution >= 4 is 40.0 Å². The maximum absolute atomic E-state index is 12.2. The molecule has 0 aliphatic heterocycles. The summed E-state index contributed by atoms with van der Waals surface area (Å²) >= 11 is 0. The monoisotopic (exact) mass is 486 g/mol. The van der Waals surface area contributed by atoms with Gasteiger partial charge in [-0.3, -0.25) is 9.78 Å². The lowest BCUT2D eigenvalue weighted by molar-refractivity contribution is -0.111. The van der Waals surface area contributed by atoms with Gasteiger partial charge < -0.3 is 30.2 Å². The second-order valence-electron chi connectivity index (χ2n) is 8.20. The number of benzene rings is 1. The first-order valence-electron chi connectivity index (χ1n) is 11.5. The van der Waals surface area contributed by atoms with Crippen LogP contribution < -0.4 is 25.6 Å². The number of carbonyl (C=O) groups is 1. The number of fused-ring (bicyclic) bond motifs is 1. The van der Waals surface area contributed by atoms with Crippen molar-refractivity contribution in [3.05, 3.63) is 61.6 Å². The predicted octanol–water partition coefficient (Wildman–Crippen LogP) is 3.56. The highest BCUT2D eigenvalue weighted by Crippen LogP contribution is 2.38. The molecule has 186 valence electrons. The normalized spacial score (nSPS) is 10.8. The second-order valence-corrected chi connectivity index (χ2v) is 8.20. The molecule has 0 bridgehead atoms. The van der Waals surface area contributed by atoms with E-state index < -0.39 is 0 Å². The van der Waals surface area contributed by atoms with Crippen LogP contribution in [0.1, 0.15) is 0 Å². The number of pyridine rings is 1. The van der Waals surface area contributed by atoms with E-state index in [2.05, 4.69) is 32.5 Å². The summed E-state index contributed by atoms with van der Waals surface area (Å²) in [7, 11) is 7.42. The summed E-state index contributed by atoms with van der Waals surface area (Å²) in [5.41, 5.74) is 5.55. The van der Waals surface area contributed by atoms with Crippen molar-refractivity contribution in [3.8, 4) is 17.0 Å². The van der Waals surface area contributed by atoms with Crippen molar-refractivity contribution in [2.45, 2.75) is 0 Å². The molecular formula is C26H30N8O2. The number of ether oxygens (including phenoxy) is 1. The highest BCUT2D eigenvalue weighted by Gasteiger charge is 2.17. The van der Waals surface area contributed by atoms with E-state index in [1.165, 1.54) is 6.08 Å². The Morgan fingerprint density at radius 2 is 2.06 bits per heavy atom. The highest BCUT2D eigenvalue weighted by atomic mass is 16.5. The zero-order valence-electron chi connectivity index (χ0n) is 20.9. The van der Waals surface area contributed by atoms with Crippen molar-refractivity contribution in [1.29, 1.82) is 0 Å². The molecule has 3 N–H and O–H groups in total. The Morgan fingerprint density at radius 1 is 1.22 bits per heavy atom. The van der Waals surface area contributed by atoms with Crippen LogP contribution in [0, 0.1) is 0 Å². The average Bonchev–Trinajstić information content (AvgIpc) is 3.24. The summed E-state index contributed by atoms with van der Waals surface area (Å²) in [5.74, 6) is 0.658. The first kappa shape index (κ1) is 24.7. The third-order valence-electron chi connectivity index (χ3n) is 5.79. The summed E-state index contributed by atoms with van der Waals surface area (Å²) in [6.07, 6.45) is 6.70. The molecule has 0 atom stereocenters. The van der Waals surface area contributed by atoms with Crippen molar-refractivity contribution in [3.63, 3.8) is 0 Å². The third-order valence-corrected chi connectivity index (χ3v) is 5.79. The van der Waals surface area contributed by atoms with Gasteiger partial charge in [0.2, 0.25) is 11.9 Å². The summed E-state index contributed by atoms with van der Waals surface area (Å²) in [5, 5.41) is 9.27. The van der Waals surface area contributed by atoms with E-state index in [1.54, 1.807) is 25.6 Å². The quantitative estimate of drug-likeness (QED) is 0.292. The molecule has 0 aliphatic carbocycles. The molecule has 4 rings (SSSR count). The number of rotatable bonds is 10. The SMILES string of the molecule is C=CC(=O)Nc1cc(Nc2nccc(-c3cn(C)c4cccnc34)n2)c(OC)cc1N(C)CCNC. The van der Waals surface area contributed by atoms with Crippen molar-refractivity contribution < 1.29 is 9.53 Å². The van der Waals surface area contributed by atoms with Gasteiger partial charge in [0.25, 0.3) is 0 Å². The Kier molecular flexibility index (Phi) is 7.45. The molecule has 0 unspecified atom stereocenters. The standard InChI is InChI=1S/C26H30N8O2/c1-6-24(35)30-19-14-20(23(36-5)15-22(19)33(3)13-12-27-2)32-26-29-11-9-18(31-26)17-16-34(4)21-8-7-10-28-25(17)21/h6-11,14-16,27H,1,12-13H2,2-5H3,(H,30,35)(H,29,31,32). The first-order chi connectivity index (χ1) is 17.4. The van der Waals surface area contributed by atoms with Crippen LogP contribution in [-0.2, 0) is 11.8 Å². The van der Waals surface area contributed by atoms with Gasteiger partial charge in [-0.1, -0.05) is 6.58 Å². The third kappa shape index (κ3) is 5.13. The molecule has 0 aliphatic rings. The summed E-state index contributed by atoms with van der Waals surface area (Å²) in [6, 6.07) is 9.46. The van der Waals surface area contributed by atoms with Crippen LogP contribution in [0.3, 0.4) is 0 Å². The molecular weight excluding hydrogens is 456 g/mol. The fourth-order valence-electron chi connectivity index (χ4n) is 3.93. The van der Waals surface area contributed by atoms with Crippen molar-refractivity contribution in [2.24, 2.45) is 7.05 Å². The van der Waals surface area contributed by atoms with Crippen LogP contribution in [0.4, 0.5) is 23.0 Å². The van der Waals surface area contributed by atoms with Crippen LogP contribution in [0.5, 0.6) is 5.75 Å². The van der Waals surface area contributed by atoms with Gasteiger partial charge in [0.15, 0.2) is 0 Å². The van der Waals surface area contributed by atoms with Crippen molar-refractivity contribution in [2.75, 3.05) is 49.8 Å². The number of aromatic nitrogens is 4. The molecule has 1 amide bonds. The number of nitrogens with one attached hydrogen (secondary N) is 3. The number of hydrogen-bond donors (Lipinski definition) is 3. The van der Waals surface area contributed by atoms with Gasteiger partial charge in [0.1, 0.15) is 5.75 Å². The van der Waals surface area contributed by atoms with Crippen LogP contribution in [0.15, 0.2) is 61.6 Å². The van der Waals surface area contributed by atoms with Gasteiger partial charge in [-0.05, 0) is 37.4 Å². The molecule has 0 saturated heterocycles. The minimum Gasteiger partial charge on any atom is -0.494 e. The first-order valence-corrected chi connectivity index (χ1v) is 11.5. The molecule has 0 spiro atoms. The van der Waals surface area contributed by atoms with E-state index in [4.69, 9.17) is 9.72 Å². The second kappa shape index (κ2) is 10.9. The lowest BCUT2D eigenvalue weighted by atomic mass is 10.2. The largest absolute Gasteiger partial charge is 0.494 e. The van der Waals surface area contributed by atoms with E-state index in [0.717, 1.165) is 41.1 Å². The van der Waals surface area contributed by atoms with E-state index in [9.17, 15) is 4.79 Å². The molecule has 3 heterocycles. The minimum atomic E-state index is -0.309. The molecule has 10 nitrogen and oxygen atoms in total. The summed E-state index contributed by atoms with van der Waals surface area (Å²) < 4.78 is 7.69. The van der Waals surface area contributed by atoms with Gasteiger partial charge in [0, 0.05) is 57.4 Å². The average molecular weight is 487 g/mol. The van der Waals surface area contributed by atoms with E-state index >= 15 is 0 Å². The van der Waals surface area contributed by atoms with Crippen molar-refractivity contribution in [1.82, 2.24) is 24.8 Å². The maximum atomic E-state index is 12.2. The Bertz CT molecular complexity index is 1400. The Morgan fingerprint density at radius 3 is 2.81 bits per heavy atom. The number of likely N-dealkylation sites (N-methyl/N-ethyl adjacent to an activating group) is 2. The molecule has 10 heteroatoms. The summed E-state index contributed by atoms with van der Waals surface area (Å²) in [4.78, 5) is 27.9. The van der Waals surface area contributed by atoms with Gasteiger partial charge in [-0.2, -0.15) is 0 Å². The number of nitrogens with zero attached hydrogens (tertiary/aromatic N) is 5. The molecule has 0 fully saturated rings. The fourth-order valence-corrected chi connectivity index (χ4v) is 3.93. The smallest absolute Gasteiger partial charge is 0.247 e. The van der Waals surface area contributed by atoms with Gasteiger partial charge in [0.05, 0.1) is 40.9 Å². The fraction of sp³-hybridized carbons (Fsp3) is 0.231. The molecule has 1 aromatic carbocycles. The van der Waals surface area contributed by atoms with Gasteiger partial charge >= 0.3 is 0 Å². The van der Waals surface area contributed by atoms with E-state index in [-0.39, 0.29) is 5.91 Å². The Labute approximate surface area is 210 Å². The predicted molar refractivity (Wildman–Crippen MR) is 144 cm³/mol. The lowest BCUT2D eigenvalue weighted by Gasteiger charge is -2.24. The maximum Gasteiger partial charge on any atom is 0.247 e. The van der Waals surface area contributed by atoms with E-state index in [1.807, 2.05) is 61.1 Å². The molecule has 4 aromatic rings. The van der Waals surface area contributed by atoms with Crippen LogP contribution in [0.2, 0.25) is 0 Å². The lowest BCUT2D eigenvalue weighted by Crippen LogP contribution is -2.28. The number of carbonyl (C=O) groups excluding carboxylic acids is 1. The van der Waals surface area contributed by atoms with Crippen LogP contribution >= 0.6 is 0 Å². The Hall–Kier alpha value is -4.44. The Balaban J connectivity index is 1.72. The molecule has 0 saturated carbocycles. The molecule has 3 aromatic heterocycles. The molecule has 36 heavy (non-hydrogen) atoms.